The van der Waals surface area contributed by atoms with Crippen molar-refractivity contribution in [2.75, 3.05) is 26.3 Å². The van der Waals surface area contributed by atoms with Gasteiger partial charge in [0.05, 0.1) is 19.4 Å². The van der Waals surface area contributed by atoms with Crippen LogP contribution in [0.4, 0.5) is 0 Å². The molecule has 0 aromatic heterocycles. The molecule has 0 unspecified atom stereocenters. The molecule has 2 heterocycles. The fourth-order valence-electron chi connectivity index (χ4n) is 1.17. The van der Waals surface area contributed by atoms with E-state index in [-0.39, 0.29) is 0 Å². The van der Waals surface area contributed by atoms with Crippen LogP contribution in [-0.4, -0.2) is 42.6 Å². The van der Waals surface area contributed by atoms with Gasteiger partial charge in [0, 0.05) is 19.3 Å². The van der Waals surface area contributed by atoms with Gasteiger partial charge >= 0.3 is 0 Å². The highest BCUT2D eigenvalue weighted by molar-refractivity contribution is 5.70. The van der Waals surface area contributed by atoms with Crippen LogP contribution >= 0.6 is 0 Å². The maximum absolute atomic E-state index is 5.22. The molecule has 1 saturated heterocycles. The van der Waals surface area contributed by atoms with Gasteiger partial charge in [-0.3, -0.25) is 0 Å². The van der Waals surface area contributed by atoms with E-state index in [2.05, 4.69) is 21.2 Å². The fraction of sp³-hybridized carbons (Fsp3) is 0.571. The molecule has 0 amide bonds. The van der Waals surface area contributed by atoms with Crippen molar-refractivity contribution in [3.05, 3.63) is 12.3 Å². The minimum absolute atomic E-state index is 0.772. The number of ether oxygens (including phenoxy) is 1. The summed E-state index contributed by atoms with van der Waals surface area (Å²) < 4.78 is 5.22. The highest BCUT2D eigenvalue weighted by Crippen LogP contribution is 1.94. The van der Waals surface area contributed by atoms with E-state index in [0.29, 0.717) is 0 Å². The van der Waals surface area contributed by atoms with E-state index in [1.165, 1.54) is 0 Å². The third-order valence-corrected chi connectivity index (χ3v) is 1.82. The Morgan fingerprint density at radius 3 is 2.92 bits per heavy atom. The smallest absolute Gasteiger partial charge is 0.0608 e. The molecule has 13 heavy (non-hydrogen) atoms. The maximum Gasteiger partial charge on any atom is 0.0608 e. The molecule has 72 valence electrons. The molecule has 1 fully saturated rings. The lowest BCUT2D eigenvalue weighted by Gasteiger charge is -2.32. The molecule has 2 rings (SSSR count). The Labute approximate surface area is 76.7 Å². The van der Waals surface area contributed by atoms with Crippen molar-refractivity contribution in [2.24, 2.45) is 5.10 Å². The summed E-state index contributed by atoms with van der Waals surface area (Å²) in [6.07, 6.45) is 5.41. The summed E-state index contributed by atoms with van der Waals surface area (Å²) in [7, 11) is 0. The zero-order valence-corrected chi connectivity index (χ0v) is 7.31. The van der Waals surface area contributed by atoms with Gasteiger partial charge in [-0.05, 0) is 6.08 Å². The number of hydrazone groups is 1. The van der Waals surface area contributed by atoms with Crippen molar-refractivity contribution in [3.8, 4) is 0 Å². The Balaban J connectivity index is 1.76. The van der Waals surface area contributed by atoms with Gasteiger partial charge in [-0.1, -0.05) is 0 Å². The standard InChI is InChI=1S/C7H13N5O/c1-2-8-9-12(3-1)10-11-4-6-13-7-5-11/h1-3,9-10H,4-7H2. The first-order chi connectivity index (χ1) is 6.45. The van der Waals surface area contributed by atoms with Crippen molar-refractivity contribution in [2.45, 2.75) is 0 Å². The molecule has 2 N–H and O–H groups in total. The van der Waals surface area contributed by atoms with E-state index < -0.39 is 0 Å². The first-order valence-corrected chi connectivity index (χ1v) is 4.29. The fourth-order valence-corrected chi connectivity index (χ4v) is 1.17. The summed E-state index contributed by atoms with van der Waals surface area (Å²) >= 11 is 0. The number of nitrogens with zero attached hydrogens (tertiary/aromatic N) is 3. The largest absolute Gasteiger partial charge is 0.379 e. The SMILES string of the molecule is C1=CN(NN2CCOCC2)NN=C1. The Hall–Kier alpha value is -1.11. The van der Waals surface area contributed by atoms with E-state index in [1.54, 1.807) is 11.3 Å². The van der Waals surface area contributed by atoms with Gasteiger partial charge in [0.2, 0.25) is 0 Å². The molecule has 6 heteroatoms. The second kappa shape index (κ2) is 4.22. The van der Waals surface area contributed by atoms with Gasteiger partial charge in [-0.2, -0.15) is 10.2 Å². The quantitative estimate of drug-likeness (QED) is 0.578. The average Bonchev–Trinajstić information content (AvgIpc) is 2.21. The van der Waals surface area contributed by atoms with Crippen molar-refractivity contribution >= 4 is 6.21 Å². The van der Waals surface area contributed by atoms with Gasteiger partial charge in [0.15, 0.2) is 0 Å². The van der Waals surface area contributed by atoms with Crippen molar-refractivity contribution in [1.29, 1.82) is 0 Å². The molecule has 0 spiro atoms. The molecule has 0 aromatic carbocycles. The second-order valence-corrected chi connectivity index (χ2v) is 2.79. The van der Waals surface area contributed by atoms with Gasteiger partial charge in [0.1, 0.15) is 0 Å². The molecule has 2 aliphatic rings. The Bertz CT molecular complexity index is 211. The van der Waals surface area contributed by atoms with Crippen LogP contribution in [0.1, 0.15) is 0 Å². The minimum Gasteiger partial charge on any atom is -0.379 e. The van der Waals surface area contributed by atoms with E-state index in [4.69, 9.17) is 4.74 Å². The van der Waals surface area contributed by atoms with Crippen molar-refractivity contribution < 1.29 is 4.74 Å². The molecular formula is C7H13N5O. The van der Waals surface area contributed by atoms with Gasteiger partial charge < -0.3 is 4.74 Å². The molecule has 0 saturated carbocycles. The second-order valence-electron chi connectivity index (χ2n) is 2.79. The summed E-state index contributed by atoms with van der Waals surface area (Å²) in [5.74, 6) is 0. The summed E-state index contributed by atoms with van der Waals surface area (Å²) in [6.45, 7) is 3.31. The Morgan fingerprint density at radius 2 is 2.23 bits per heavy atom. The van der Waals surface area contributed by atoms with Gasteiger partial charge in [-0.25, -0.2) is 10.5 Å². The molecule has 6 nitrogen and oxygen atoms in total. The highest BCUT2D eigenvalue weighted by Gasteiger charge is 2.11. The van der Waals surface area contributed by atoms with Gasteiger partial charge in [0.25, 0.3) is 0 Å². The Kier molecular flexibility index (Phi) is 2.75. The predicted molar refractivity (Wildman–Crippen MR) is 48.1 cm³/mol. The molecule has 0 radical (unpaired) electrons. The lowest BCUT2D eigenvalue weighted by Crippen LogP contribution is -2.55. The molecule has 2 aliphatic heterocycles. The highest BCUT2D eigenvalue weighted by atomic mass is 16.5. The van der Waals surface area contributed by atoms with Crippen LogP contribution < -0.4 is 11.1 Å². The third-order valence-electron chi connectivity index (χ3n) is 1.82. The van der Waals surface area contributed by atoms with Crippen LogP contribution in [0.15, 0.2) is 17.4 Å². The number of hydrogen-bond donors (Lipinski definition) is 2. The number of hydrazine groups is 3. The molecular weight excluding hydrogens is 170 g/mol. The first-order valence-electron chi connectivity index (χ1n) is 4.29. The maximum atomic E-state index is 5.22. The van der Waals surface area contributed by atoms with Crippen LogP contribution in [0.2, 0.25) is 0 Å². The zero-order chi connectivity index (χ0) is 8.93. The summed E-state index contributed by atoms with van der Waals surface area (Å²) in [4.78, 5) is 0. The lowest BCUT2D eigenvalue weighted by atomic mass is 10.5. The van der Waals surface area contributed by atoms with Crippen LogP contribution in [0.5, 0.6) is 0 Å². The van der Waals surface area contributed by atoms with E-state index in [9.17, 15) is 0 Å². The predicted octanol–water partition coefficient (Wildman–Crippen LogP) is -0.942. The minimum atomic E-state index is 0.772. The van der Waals surface area contributed by atoms with Crippen molar-refractivity contribution in [1.82, 2.24) is 21.2 Å². The Morgan fingerprint density at radius 1 is 1.38 bits per heavy atom. The van der Waals surface area contributed by atoms with Crippen LogP contribution in [0, 0.1) is 0 Å². The number of morpholine rings is 1. The van der Waals surface area contributed by atoms with Crippen molar-refractivity contribution in [3.63, 3.8) is 0 Å². The summed E-state index contributed by atoms with van der Waals surface area (Å²) in [5, 5.41) is 7.64. The van der Waals surface area contributed by atoms with E-state index in [0.717, 1.165) is 26.3 Å². The molecule has 0 aromatic rings. The van der Waals surface area contributed by atoms with Gasteiger partial charge in [-0.15, -0.1) is 5.53 Å². The number of allylic oxidation sites excluding steroid dienone is 1. The topological polar surface area (TPSA) is 52.1 Å². The summed E-state index contributed by atoms with van der Waals surface area (Å²) in [5.41, 5.74) is 5.92. The lowest BCUT2D eigenvalue weighted by molar-refractivity contribution is -0.0469. The average molecular weight is 183 g/mol. The third kappa shape index (κ3) is 2.41. The monoisotopic (exact) mass is 183 g/mol. The van der Waals surface area contributed by atoms with Crippen LogP contribution in [0.3, 0.4) is 0 Å². The number of hydrogen-bond acceptors (Lipinski definition) is 6. The molecule has 0 atom stereocenters. The molecule has 0 aliphatic carbocycles. The number of rotatable bonds is 2. The van der Waals surface area contributed by atoms with Crippen LogP contribution in [0.25, 0.3) is 0 Å². The zero-order valence-electron chi connectivity index (χ0n) is 7.31. The first kappa shape index (κ1) is 8.49. The van der Waals surface area contributed by atoms with E-state index >= 15 is 0 Å². The molecule has 0 bridgehead atoms. The normalized spacial score (nSPS) is 23.2. The van der Waals surface area contributed by atoms with Crippen LogP contribution in [-0.2, 0) is 4.74 Å². The number of nitrogens with one attached hydrogen (secondary N) is 2. The van der Waals surface area contributed by atoms with E-state index in [1.807, 2.05) is 12.3 Å². The summed E-state index contributed by atoms with van der Waals surface area (Å²) in [6, 6.07) is 0.